The zero-order chi connectivity index (χ0) is 23.8. The second-order valence-corrected chi connectivity index (χ2v) is 10.2. The minimum atomic E-state index is -4.18. The van der Waals surface area contributed by atoms with Gasteiger partial charge in [0.05, 0.1) is 0 Å². The smallest absolute Gasteiger partial charge is 0.246 e. The van der Waals surface area contributed by atoms with E-state index in [4.69, 9.17) is 4.42 Å². The maximum absolute atomic E-state index is 14.0. The highest BCUT2D eigenvalue weighted by Gasteiger charge is 2.35. The van der Waals surface area contributed by atoms with Crippen molar-refractivity contribution in [2.24, 2.45) is 5.92 Å². The van der Waals surface area contributed by atoms with Crippen LogP contribution in [0, 0.1) is 17.6 Å². The second kappa shape index (κ2) is 9.23. The van der Waals surface area contributed by atoms with Gasteiger partial charge in [0.1, 0.15) is 27.9 Å². The van der Waals surface area contributed by atoms with Crippen LogP contribution in [0.1, 0.15) is 31.1 Å². The zero-order valence-electron chi connectivity index (χ0n) is 18.6. The summed E-state index contributed by atoms with van der Waals surface area (Å²) in [6.07, 6.45) is 1.33. The molecule has 1 amide bonds. The Kier molecular flexibility index (Phi) is 6.54. The van der Waals surface area contributed by atoms with E-state index < -0.39 is 26.6 Å². The average Bonchev–Trinajstić information content (AvgIpc) is 3.17. The molecule has 1 aromatic heterocycles. The van der Waals surface area contributed by atoms with Crippen molar-refractivity contribution >= 4 is 26.9 Å². The Morgan fingerprint density at radius 1 is 1.15 bits per heavy atom. The minimum Gasteiger partial charge on any atom is -0.461 e. The van der Waals surface area contributed by atoms with E-state index in [1.165, 1.54) is 0 Å². The first kappa shape index (κ1) is 23.4. The number of sulfonamides is 1. The van der Waals surface area contributed by atoms with Crippen LogP contribution >= 0.6 is 0 Å². The minimum absolute atomic E-state index is 0.0668. The molecule has 0 atom stereocenters. The molecule has 6 nitrogen and oxygen atoms in total. The van der Waals surface area contributed by atoms with Crippen molar-refractivity contribution in [1.82, 2.24) is 9.21 Å². The second-order valence-electron chi connectivity index (χ2n) is 8.30. The van der Waals surface area contributed by atoms with E-state index in [1.807, 2.05) is 31.2 Å². The van der Waals surface area contributed by atoms with Gasteiger partial charge in [0, 0.05) is 50.0 Å². The van der Waals surface area contributed by atoms with Gasteiger partial charge in [-0.25, -0.2) is 17.2 Å². The van der Waals surface area contributed by atoms with E-state index in [9.17, 15) is 22.0 Å². The number of furan rings is 1. The van der Waals surface area contributed by atoms with Crippen molar-refractivity contribution in [3.63, 3.8) is 0 Å². The van der Waals surface area contributed by atoms with Gasteiger partial charge in [-0.05, 0) is 37.1 Å². The monoisotopic (exact) mass is 476 g/mol. The number of amides is 1. The van der Waals surface area contributed by atoms with Crippen LogP contribution in [-0.2, 0) is 27.8 Å². The number of halogens is 2. The van der Waals surface area contributed by atoms with Gasteiger partial charge in [0.15, 0.2) is 0 Å². The van der Waals surface area contributed by atoms with Gasteiger partial charge in [-0.3, -0.25) is 4.79 Å². The van der Waals surface area contributed by atoms with Crippen LogP contribution in [0.15, 0.2) is 51.8 Å². The van der Waals surface area contributed by atoms with E-state index in [2.05, 4.69) is 0 Å². The molecular weight excluding hydrogens is 450 g/mol. The molecule has 176 valence electrons. The summed E-state index contributed by atoms with van der Waals surface area (Å²) in [5, 5.41) is 0.979. The molecule has 1 fully saturated rings. The van der Waals surface area contributed by atoms with Crippen LogP contribution in [0.3, 0.4) is 0 Å². The Bertz CT molecular complexity index is 1280. The molecule has 33 heavy (non-hydrogen) atoms. The molecule has 9 heteroatoms. The summed E-state index contributed by atoms with van der Waals surface area (Å²) in [5.74, 6) is -1.39. The topological polar surface area (TPSA) is 70.8 Å². The van der Waals surface area contributed by atoms with Gasteiger partial charge in [0.2, 0.25) is 15.9 Å². The van der Waals surface area contributed by atoms with E-state index >= 15 is 0 Å². The molecule has 4 rings (SSSR count). The Balaban J connectivity index is 1.44. The number of rotatable bonds is 6. The highest BCUT2D eigenvalue weighted by molar-refractivity contribution is 7.89. The molecule has 0 N–H and O–H groups in total. The molecule has 1 aliphatic heterocycles. The van der Waals surface area contributed by atoms with Crippen molar-refractivity contribution < 1.29 is 26.4 Å². The highest BCUT2D eigenvalue weighted by atomic mass is 32.2. The Morgan fingerprint density at radius 2 is 1.85 bits per heavy atom. The lowest BCUT2D eigenvalue weighted by Gasteiger charge is -2.32. The molecule has 1 aliphatic rings. The number of benzene rings is 2. The summed E-state index contributed by atoms with van der Waals surface area (Å²) in [5.41, 5.74) is 1.76. The SMILES string of the molecule is CCc1oc2ccccc2c1CN(C)C(=O)C1CCN(S(=O)(=O)c2cc(F)ccc2F)CC1. The van der Waals surface area contributed by atoms with Gasteiger partial charge >= 0.3 is 0 Å². The van der Waals surface area contributed by atoms with E-state index in [0.29, 0.717) is 31.9 Å². The summed E-state index contributed by atoms with van der Waals surface area (Å²) in [6.45, 7) is 2.53. The summed E-state index contributed by atoms with van der Waals surface area (Å²) in [7, 11) is -2.45. The molecule has 0 saturated carbocycles. The van der Waals surface area contributed by atoms with Gasteiger partial charge in [-0.15, -0.1) is 0 Å². The fourth-order valence-corrected chi connectivity index (χ4v) is 5.94. The van der Waals surface area contributed by atoms with Gasteiger partial charge in [-0.2, -0.15) is 4.31 Å². The number of carbonyl (C=O) groups is 1. The molecule has 0 radical (unpaired) electrons. The van der Waals surface area contributed by atoms with Crippen LogP contribution in [0.2, 0.25) is 0 Å². The predicted octanol–water partition coefficient (Wildman–Crippen LogP) is 4.33. The van der Waals surface area contributed by atoms with E-state index in [0.717, 1.165) is 38.7 Å². The third-order valence-corrected chi connectivity index (χ3v) is 8.10. The Labute approximate surface area is 191 Å². The van der Waals surface area contributed by atoms with E-state index in [-0.39, 0.29) is 24.9 Å². The lowest BCUT2D eigenvalue weighted by molar-refractivity contribution is -0.135. The summed E-state index contributed by atoms with van der Waals surface area (Å²) in [4.78, 5) is 14.1. The first-order valence-corrected chi connectivity index (χ1v) is 12.4. The largest absolute Gasteiger partial charge is 0.461 e. The molecule has 1 saturated heterocycles. The maximum atomic E-state index is 14.0. The van der Waals surface area contributed by atoms with Gasteiger partial charge in [-0.1, -0.05) is 25.1 Å². The number of piperidine rings is 1. The average molecular weight is 477 g/mol. The predicted molar refractivity (Wildman–Crippen MR) is 120 cm³/mol. The van der Waals surface area contributed by atoms with Crippen molar-refractivity contribution in [3.8, 4) is 0 Å². The van der Waals surface area contributed by atoms with Crippen molar-refractivity contribution in [2.75, 3.05) is 20.1 Å². The maximum Gasteiger partial charge on any atom is 0.246 e. The fourth-order valence-electron chi connectivity index (χ4n) is 4.39. The molecule has 2 aromatic carbocycles. The van der Waals surface area contributed by atoms with Crippen LogP contribution < -0.4 is 0 Å². The first-order chi connectivity index (χ1) is 15.7. The van der Waals surface area contributed by atoms with Crippen molar-refractivity contribution in [1.29, 1.82) is 0 Å². The van der Waals surface area contributed by atoms with E-state index in [1.54, 1.807) is 11.9 Å². The van der Waals surface area contributed by atoms with Crippen LogP contribution in [0.5, 0.6) is 0 Å². The molecule has 0 spiro atoms. The molecule has 0 aliphatic carbocycles. The molecule has 0 bridgehead atoms. The van der Waals surface area contributed by atoms with Gasteiger partial charge < -0.3 is 9.32 Å². The molecule has 2 heterocycles. The van der Waals surface area contributed by atoms with Gasteiger partial charge in [0.25, 0.3) is 0 Å². The summed E-state index contributed by atoms with van der Waals surface area (Å²) >= 11 is 0. The molecule has 3 aromatic rings. The fraction of sp³-hybridized carbons (Fsp3) is 0.375. The molecular formula is C24H26F2N2O4S. The number of para-hydroxylation sites is 1. The third kappa shape index (κ3) is 4.52. The Morgan fingerprint density at radius 3 is 2.55 bits per heavy atom. The standard InChI is InChI=1S/C24H26F2N2O4S/c1-3-21-19(18-6-4-5-7-22(18)32-21)15-27(2)24(29)16-10-12-28(13-11-16)33(30,31)23-14-17(25)8-9-20(23)26/h4-9,14,16H,3,10-13,15H2,1-2H3. The first-order valence-electron chi connectivity index (χ1n) is 10.9. The Hall–Kier alpha value is -2.78. The normalized spacial score (nSPS) is 15.8. The highest BCUT2D eigenvalue weighted by Crippen LogP contribution is 2.30. The summed E-state index contributed by atoms with van der Waals surface area (Å²) in [6, 6.07) is 10.1. The lowest BCUT2D eigenvalue weighted by atomic mass is 9.96. The quantitative estimate of drug-likeness (QED) is 0.531. The summed E-state index contributed by atoms with van der Waals surface area (Å²) < 4.78 is 60.2. The number of hydrogen-bond acceptors (Lipinski definition) is 4. The number of aryl methyl sites for hydroxylation is 1. The van der Waals surface area contributed by atoms with Crippen LogP contribution in [-0.4, -0.2) is 43.7 Å². The van der Waals surface area contributed by atoms with Crippen molar-refractivity contribution in [3.05, 3.63) is 65.4 Å². The number of fused-ring (bicyclic) bond motifs is 1. The number of hydrogen-bond donors (Lipinski definition) is 0. The zero-order valence-corrected chi connectivity index (χ0v) is 19.4. The number of carbonyl (C=O) groups excluding carboxylic acids is 1. The lowest BCUT2D eigenvalue weighted by Crippen LogP contribution is -2.43. The molecule has 0 unspecified atom stereocenters. The van der Waals surface area contributed by atoms with Crippen molar-refractivity contribution in [2.45, 2.75) is 37.6 Å². The number of nitrogens with zero attached hydrogens (tertiary/aromatic N) is 2. The third-order valence-electron chi connectivity index (χ3n) is 6.19. The van der Waals surface area contributed by atoms with Crippen LogP contribution in [0.4, 0.5) is 8.78 Å². The van der Waals surface area contributed by atoms with Crippen LogP contribution in [0.25, 0.3) is 11.0 Å².